The van der Waals surface area contributed by atoms with Gasteiger partial charge in [0, 0.05) is 11.8 Å². The highest BCUT2D eigenvalue weighted by molar-refractivity contribution is 6.33. The average Bonchev–Trinajstić information content (AvgIpc) is 2.42. The van der Waals surface area contributed by atoms with Crippen LogP contribution in [0.3, 0.4) is 0 Å². The summed E-state index contributed by atoms with van der Waals surface area (Å²) in [5.41, 5.74) is 0.695. The van der Waals surface area contributed by atoms with Gasteiger partial charge in [0.25, 0.3) is 11.6 Å². The summed E-state index contributed by atoms with van der Waals surface area (Å²) in [4.78, 5) is 22.1. The van der Waals surface area contributed by atoms with Crippen molar-refractivity contribution in [1.82, 2.24) is 10.2 Å². The van der Waals surface area contributed by atoms with Gasteiger partial charge in [-0.25, -0.2) is 0 Å². The molecule has 1 aromatic carbocycles. The Morgan fingerprint density at radius 3 is 2.57 bits per heavy atom. The fourth-order valence-electron chi connectivity index (χ4n) is 1.56. The van der Waals surface area contributed by atoms with Crippen LogP contribution in [0, 0.1) is 17.0 Å². The third-order valence-electron chi connectivity index (χ3n) is 2.60. The normalized spacial score (nSPS) is 10.2. The summed E-state index contributed by atoms with van der Waals surface area (Å²) in [6.45, 7) is 1.62. The number of benzene rings is 1. The molecule has 108 valence electrons. The lowest BCUT2D eigenvalue weighted by Crippen LogP contribution is -2.15. The molecular weight excluding hydrogens is 319 g/mol. The maximum absolute atomic E-state index is 12.0. The van der Waals surface area contributed by atoms with E-state index in [-0.39, 0.29) is 21.6 Å². The van der Waals surface area contributed by atoms with Gasteiger partial charge in [-0.2, -0.15) is 0 Å². The van der Waals surface area contributed by atoms with Gasteiger partial charge in [-0.1, -0.05) is 23.2 Å². The van der Waals surface area contributed by atoms with Crippen LogP contribution in [0.4, 0.5) is 11.4 Å². The number of halogens is 2. The van der Waals surface area contributed by atoms with E-state index in [0.717, 1.165) is 0 Å². The van der Waals surface area contributed by atoms with Crippen LogP contribution >= 0.6 is 23.2 Å². The van der Waals surface area contributed by atoms with Crippen LogP contribution in [0.5, 0.6) is 0 Å². The van der Waals surface area contributed by atoms with Gasteiger partial charge >= 0.3 is 0 Å². The number of nitrogens with one attached hydrogen (secondary N) is 1. The van der Waals surface area contributed by atoms with Gasteiger partial charge in [-0.15, -0.1) is 10.2 Å². The lowest BCUT2D eigenvalue weighted by atomic mass is 10.1. The number of hydrogen-bond acceptors (Lipinski definition) is 5. The number of nitro benzene ring substituents is 1. The highest BCUT2D eigenvalue weighted by Gasteiger charge is 2.17. The number of carbonyl (C=O) groups is 1. The van der Waals surface area contributed by atoms with E-state index in [9.17, 15) is 14.9 Å². The first kappa shape index (κ1) is 15.1. The van der Waals surface area contributed by atoms with Gasteiger partial charge in [0.2, 0.25) is 0 Å². The molecule has 1 aromatic heterocycles. The summed E-state index contributed by atoms with van der Waals surface area (Å²) in [5, 5.41) is 20.6. The fraction of sp³-hybridized carbons (Fsp3) is 0.0833. The molecule has 0 spiro atoms. The van der Waals surface area contributed by atoms with Gasteiger partial charge in [-0.05, 0) is 30.7 Å². The van der Waals surface area contributed by atoms with Crippen LogP contribution in [0.1, 0.15) is 16.1 Å². The highest BCUT2D eigenvalue weighted by Crippen LogP contribution is 2.30. The zero-order valence-corrected chi connectivity index (χ0v) is 12.1. The zero-order chi connectivity index (χ0) is 15.6. The Hall–Kier alpha value is -2.25. The molecule has 1 N–H and O–H groups in total. The molecular formula is C12H8Cl2N4O3. The summed E-state index contributed by atoms with van der Waals surface area (Å²) in [6.07, 6.45) is 0. The molecule has 2 rings (SSSR count). The van der Waals surface area contributed by atoms with Gasteiger partial charge in [0.1, 0.15) is 5.02 Å². The van der Waals surface area contributed by atoms with E-state index in [4.69, 9.17) is 23.2 Å². The zero-order valence-electron chi connectivity index (χ0n) is 10.6. The van der Waals surface area contributed by atoms with Crippen LogP contribution < -0.4 is 5.32 Å². The lowest BCUT2D eigenvalue weighted by Gasteiger charge is -2.08. The number of anilines is 1. The van der Waals surface area contributed by atoms with Crippen LogP contribution in [0.15, 0.2) is 24.3 Å². The van der Waals surface area contributed by atoms with Crippen molar-refractivity contribution in [2.45, 2.75) is 6.92 Å². The molecule has 7 nitrogen and oxygen atoms in total. The minimum Gasteiger partial charge on any atom is -0.320 e. The molecule has 0 aliphatic rings. The summed E-state index contributed by atoms with van der Waals surface area (Å²) in [5.74, 6) is -0.521. The van der Waals surface area contributed by atoms with Crippen molar-refractivity contribution < 1.29 is 9.72 Å². The summed E-state index contributed by atoms with van der Waals surface area (Å²) >= 11 is 11.4. The van der Waals surface area contributed by atoms with E-state index in [2.05, 4.69) is 15.5 Å². The van der Waals surface area contributed by atoms with Gasteiger partial charge in [0.05, 0.1) is 4.92 Å². The summed E-state index contributed by atoms with van der Waals surface area (Å²) in [6, 6.07) is 5.44. The van der Waals surface area contributed by atoms with Crippen molar-refractivity contribution in [3.8, 4) is 0 Å². The van der Waals surface area contributed by atoms with Crippen LogP contribution in [-0.2, 0) is 0 Å². The van der Waals surface area contributed by atoms with E-state index in [1.165, 1.54) is 24.3 Å². The molecule has 2 aromatic rings. The third-order valence-corrected chi connectivity index (χ3v) is 3.11. The number of aryl methyl sites for hydroxylation is 1. The predicted octanol–water partition coefficient (Wildman–Crippen LogP) is 3.25. The molecule has 0 aliphatic carbocycles. The molecule has 0 saturated heterocycles. The average molecular weight is 327 g/mol. The Morgan fingerprint density at radius 1 is 1.29 bits per heavy atom. The molecule has 1 amide bonds. The van der Waals surface area contributed by atoms with Crippen molar-refractivity contribution in [2.24, 2.45) is 0 Å². The Morgan fingerprint density at radius 2 is 2.00 bits per heavy atom. The van der Waals surface area contributed by atoms with Crippen molar-refractivity contribution in [1.29, 1.82) is 0 Å². The monoisotopic (exact) mass is 326 g/mol. The van der Waals surface area contributed by atoms with Crippen molar-refractivity contribution in [2.75, 3.05) is 5.32 Å². The maximum atomic E-state index is 12.0. The number of rotatable bonds is 3. The quantitative estimate of drug-likeness (QED) is 0.689. The highest BCUT2D eigenvalue weighted by atomic mass is 35.5. The van der Waals surface area contributed by atoms with Crippen molar-refractivity contribution in [3.05, 3.63) is 55.8 Å². The first-order valence-corrected chi connectivity index (χ1v) is 6.39. The van der Waals surface area contributed by atoms with Crippen LogP contribution in [0.2, 0.25) is 10.2 Å². The Bertz CT molecular complexity index is 719. The van der Waals surface area contributed by atoms with Crippen molar-refractivity contribution in [3.63, 3.8) is 0 Å². The molecule has 0 bridgehead atoms. The topological polar surface area (TPSA) is 98.0 Å². The lowest BCUT2D eigenvalue weighted by molar-refractivity contribution is -0.384. The van der Waals surface area contributed by atoms with Gasteiger partial charge in [-0.3, -0.25) is 14.9 Å². The second kappa shape index (κ2) is 6.02. The molecule has 9 heteroatoms. The SMILES string of the molecule is Cc1cc([N+](=O)[O-])c(Cl)cc1NC(=O)c1ccc(Cl)nn1. The Kier molecular flexibility index (Phi) is 4.35. The second-order valence-electron chi connectivity index (χ2n) is 4.07. The molecule has 0 fully saturated rings. The number of amides is 1. The predicted molar refractivity (Wildman–Crippen MR) is 77.8 cm³/mol. The smallest absolute Gasteiger partial charge is 0.288 e. The van der Waals surface area contributed by atoms with E-state index in [0.29, 0.717) is 11.3 Å². The minimum atomic E-state index is -0.592. The molecule has 0 atom stereocenters. The maximum Gasteiger partial charge on any atom is 0.288 e. The van der Waals surface area contributed by atoms with Gasteiger partial charge in [0.15, 0.2) is 10.8 Å². The number of nitro groups is 1. The minimum absolute atomic E-state index is 0.0632. The molecule has 0 unspecified atom stereocenters. The molecule has 0 radical (unpaired) electrons. The number of nitrogens with zero attached hydrogens (tertiary/aromatic N) is 3. The molecule has 21 heavy (non-hydrogen) atoms. The molecule has 1 heterocycles. The molecule has 0 saturated carbocycles. The number of hydrogen-bond donors (Lipinski definition) is 1. The van der Waals surface area contributed by atoms with Crippen LogP contribution in [0.25, 0.3) is 0 Å². The summed E-state index contributed by atoms with van der Waals surface area (Å²) in [7, 11) is 0. The fourth-order valence-corrected chi connectivity index (χ4v) is 1.90. The first-order valence-electron chi connectivity index (χ1n) is 5.63. The Labute approximate surface area is 129 Å². The first-order chi connectivity index (χ1) is 9.88. The Balaban J connectivity index is 2.27. The van der Waals surface area contributed by atoms with E-state index >= 15 is 0 Å². The standard InChI is InChI=1S/C12H8Cl2N4O3/c1-6-4-10(18(20)21)7(13)5-9(6)15-12(19)8-2-3-11(14)17-16-8/h2-5H,1H3,(H,15,19). The summed E-state index contributed by atoms with van der Waals surface area (Å²) < 4.78 is 0. The van der Waals surface area contributed by atoms with E-state index in [1.54, 1.807) is 6.92 Å². The van der Waals surface area contributed by atoms with Crippen molar-refractivity contribution >= 4 is 40.5 Å². The number of aromatic nitrogens is 2. The number of carbonyl (C=O) groups excluding carboxylic acids is 1. The third kappa shape index (κ3) is 3.45. The van der Waals surface area contributed by atoms with E-state index in [1.807, 2.05) is 0 Å². The largest absolute Gasteiger partial charge is 0.320 e. The van der Waals surface area contributed by atoms with Crippen LogP contribution in [-0.4, -0.2) is 21.0 Å². The van der Waals surface area contributed by atoms with Gasteiger partial charge < -0.3 is 5.32 Å². The second-order valence-corrected chi connectivity index (χ2v) is 4.87. The van der Waals surface area contributed by atoms with E-state index < -0.39 is 10.8 Å². The molecule has 0 aliphatic heterocycles.